The zero-order valence-corrected chi connectivity index (χ0v) is 14.7. The van der Waals surface area contributed by atoms with Crippen LogP contribution in [0.5, 0.6) is 11.5 Å². The first-order valence-electron chi connectivity index (χ1n) is 7.97. The number of fused-ring (bicyclic) bond motifs is 1. The first kappa shape index (κ1) is 17.5. The lowest BCUT2D eigenvalue weighted by atomic mass is 10.1. The lowest BCUT2D eigenvalue weighted by molar-refractivity contribution is -0.139. The molecule has 134 valence electrons. The summed E-state index contributed by atoms with van der Waals surface area (Å²) in [6.07, 6.45) is 0. The van der Waals surface area contributed by atoms with Gasteiger partial charge in [-0.25, -0.2) is 4.79 Å². The van der Waals surface area contributed by atoms with Crippen LogP contribution in [0.1, 0.15) is 11.1 Å². The summed E-state index contributed by atoms with van der Waals surface area (Å²) in [7, 11) is 1.55. The second kappa shape index (κ2) is 6.92. The normalized spacial score (nSPS) is 10.7. The quantitative estimate of drug-likeness (QED) is 0.754. The molecule has 1 heterocycles. The number of aliphatic carboxylic acids is 1. The fourth-order valence-corrected chi connectivity index (χ4v) is 2.83. The number of carbonyl (C=O) groups is 1. The number of carboxylic acid groups (broad SMARTS) is 1. The second-order valence-electron chi connectivity index (χ2n) is 5.96. The van der Waals surface area contributed by atoms with Gasteiger partial charge in [-0.2, -0.15) is 0 Å². The van der Waals surface area contributed by atoms with Gasteiger partial charge in [-0.1, -0.05) is 6.07 Å². The molecular formula is C20H18O6. The van der Waals surface area contributed by atoms with E-state index in [0.29, 0.717) is 22.3 Å². The van der Waals surface area contributed by atoms with Crippen molar-refractivity contribution in [2.24, 2.45) is 0 Å². The molecule has 1 aromatic heterocycles. The van der Waals surface area contributed by atoms with E-state index in [1.165, 1.54) is 0 Å². The Hall–Kier alpha value is -3.28. The minimum atomic E-state index is -1.18. The molecule has 0 aliphatic carbocycles. The lowest BCUT2D eigenvalue weighted by Gasteiger charge is -2.12. The third kappa shape index (κ3) is 3.26. The topological polar surface area (TPSA) is 86.0 Å². The van der Waals surface area contributed by atoms with Gasteiger partial charge in [0.05, 0.1) is 12.5 Å². The standard InChI is InChI=1S/C20H18O6/c1-11-8-12(2)18-15(9-11)17(23)20(25-10-16(21)22)19(26-18)13-4-6-14(24-3)7-5-13/h4-9H,10H2,1-3H3,(H,21,22). The highest BCUT2D eigenvalue weighted by molar-refractivity contribution is 5.85. The van der Waals surface area contributed by atoms with Gasteiger partial charge < -0.3 is 19.0 Å². The Kier molecular flexibility index (Phi) is 4.67. The number of hydrogen-bond donors (Lipinski definition) is 1. The first-order chi connectivity index (χ1) is 12.4. The molecule has 0 unspecified atom stereocenters. The van der Waals surface area contributed by atoms with Crippen molar-refractivity contribution in [2.75, 3.05) is 13.7 Å². The Balaban J connectivity index is 2.28. The molecule has 6 nitrogen and oxygen atoms in total. The van der Waals surface area contributed by atoms with Crippen LogP contribution in [0.3, 0.4) is 0 Å². The molecule has 0 saturated carbocycles. The van der Waals surface area contributed by atoms with Crippen LogP contribution >= 0.6 is 0 Å². The average Bonchev–Trinajstić information content (AvgIpc) is 2.61. The molecule has 0 aliphatic rings. The molecule has 0 atom stereocenters. The maximum Gasteiger partial charge on any atom is 0.341 e. The Morgan fingerprint density at radius 2 is 1.85 bits per heavy atom. The molecule has 2 aromatic carbocycles. The van der Waals surface area contributed by atoms with Crippen molar-refractivity contribution in [3.05, 3.63) is 57.7 Å². The zero-order chi connectivity index (χ0) is 18.8. The van der Waals surface area contributed by atoms with E-state index >= 15 is 0 Å². The van der Waals surface area contributed by atoms with Gasteiger partial charge in [0.1, 0.15) is 11.3 Å². The Morgan fingerprint density at radius 1 is 1.15 bits per heavy atom. The van der Waals surface area contributed by atoms with E-state index in [4.69, 9.17) is 19.0 Å². The number of hydrogen-bond acceptors (Lipinski definition) is 5. The van der Waals surface area contributed by atoms with Gasteiger partial charge in [0.15, 0.2) is 12.4 Å². The average molecular weight is 354 g/mol. The summed E-state index contributed by atoms with van der Waals surface area (Å²) < 4.78 is 16.4. The Bertz CT molecular complexity index is 1030. The highest BCUT2D eigenvalue weighted by Crippen LogP contribution is 2.33. The van der Waals surface area contributed by atoms with Gasteiger partial charge >= 0.3 is 5.97 Å². The van der Waals surface area contributed by atoms with Crippen LogP contribution in [0.15, 0.2) is 45.6 Å². The van der Waals surface area contributed by atoms with Crippen LogP contribution in [0.25, 0.3) is 22.3 Å². The molecule has 0 fully saturated rings. The largest absolute Gasteiger partial charge is 0.497 e. The van der Waals surface area contributed by atoms with Gasteiger partial charge in [0, 0.05) is 5.56 Å². The fraction of sp³-hybridized carbons (Fsp3) is 0.200. The van der Waals surface area contributed by atoms with Gasteiger partial charge in [0.2, 0.25) is 11.2 Å². The molecule has 0 aliphatic heterocycles. The van der Waals surface area contributed by atoms with Gasteiger partial charge in [-0.3, -0.25) is 4.79 Å². The highest BCUT2D eigenvalue weighted by Gasteiger charge is 2.20. The lowest BCUT2D eigenvalue weighted by Crippen LogP contribution is -2.16. The van der Waals surface area contributed by atoms with Crippen LogP contribution in [0.2, 0.25) is 0 Å². The smallest absolute Gasteiger partial charge is 0.341 e. The van der Waals surface area contributed by atoms with Crippen molar-refractivity contribution in [1.82, 2.24) is 0 Å². The molecule has 0 saturated heterocycles. The van der Waals surface area contributed by atoms with Crippen molar-refractivity contribution in [1.29, 1.82) is 0 Å². The number of rotatable bonds is 5. The van der Waals surface area contributed by atoms with E-state index in [-0.39, 0.29) is 11.5 Å². The predicted octanol–water partition coefficient (Wildman–Crippen LogP) is 3.55. The summed E-state index contributed by atoms with van der Waals surface area (Å²) in [5.74, 6) is -0.448. The van der Waals surface area contributed by atoms with E-state index in [0.717, 1.165) is 11.1 Å². The Labute approximate surface area is 149 Å². The van der Waals surface area contributed by atoms with Crippen LogP contribution < -0.4 is 14.9 Å². The number of aryl methyl sites for hydroxylation is 2. The molecule has 1 N–H and O–H groups in total. The molecule has 0 amide bonds. The predicted molar refractivity (Wildman–Crippen MR) is 97.1 cm³/mol. The summed E-state index contributed by atoms with van der Waals surface area (Å²) in [4.78, 5) is 23.9. The van der Waals surface area contributed by atoms with Crippen LogP contribution in [0.4, 0.5) is 0 Å². The Morgan fingerprint density at radius 3 is 2.46 bits per heavy atom. The van der Waals surface area contributed by atoms with Crippen LogP contribution in [0, 0.1) is 13.8 Å². The maximum absolute atomic E-state index is 13.0. The van der Waals surface area contributed by atoms with Crippen molar-refractivity contribution in [2.45, 2.75) is 13.8 Å². The van der Waals surface area contributed by atoms with E-state index in [1.807, 2.05) is 19.9 Å². The number of ether oxygens (including phenoxy) is 2. The zero-order valence-electron chi connectivity index (χ0n) is 14.7. The summed E-state index contributed by atoms with van der Waals surface area (Å²) in [5, 5.41) is 9.28. The highest BCUT2D eigenvalue weighted by atomic mass is 16.5. The summed E-state index contributed by atoms with van der Waals surface area (Å²) >= 11 is 0. The molecule has 26 heavy (non-hydrogen) atoms. The van der Waals surface area contributed by atoms with Crippen molar-refractivity contribution in [3.63, 3.8) is 0 Å². The molecule has 0 bridgehead atoms. The van der Waals surface area contributed by atoms with E-state index < -0.39 is 18.0 Å². The molecule has 3 aromatic rings. The van der Waals surface area contributed by atoms with Crippen molar-refractivity contribution < 1.29 is 23.8 Å². The maximum atomic E-state index is 13.0. The van der Waals surface area contributed by atoms with Gasteiger partial charge in [0.25, 0.3) is 0 Å². The van der Waals surface area contributed by atoms with Crippen LogP contribution in [-0.4, -0.2) is 24.8 Å². The number of carboxylic acids is 1. The molecular weight excluding hydrogens is 336 g/mol. The van der Waals surface area contributed by atoms with E-state index in [1.54, 1.807) is 37.4 Å². The molecule has 3 rings (SSSR count). The van der Waals surface area contributed by atoms with Gasteiger partial charge in [-0.05, 0) is 55.3 Å². The molecule has 0 radical (unpaired) electrons. The second-order valence-corrected chi connectivity index (χ2v) is 5.96. The molecule has 6 heteroatoms. The monoisotopic (exact) mass is 354 g/mol. The molecule has 0 spiro atoms. The minimum Gasteiger partial charge on any atom is -0.497 e. The third-order valence-electron chi connectivity index (χ3n) is 3.97. The summed E-state index contributed by atoms with van der Waals surface area (Å²) in [6, 6.07) is 10.5. The van der Waals surface area contributed by atoms with Crippen molar-refractivity contribution in [3.8, 4) is 22.8 Å². The number of benzene rings is 2. The first-order valence-corrected chi connectivity index (χ1v) is 7.97. The van der Waals surface area contributed by atoms with E-state index in [2.05, 4.69) is 0 Å². The van der Waals surface area contributed by atoms with E-state index in [9.17, 15) is 9.59 Å². The minimum absolute atomic E-state index is 0.116. The summed E-state index contributed by atoms with van der Waals surface area (Å²) in [6.45, 7) is 3.10. The SMILES string of the molecule is COc1ccc(-c2oc3c(C)cc(C)cc3c(=O)c2OCC(=O)O)cc1. The van der Waals surface area contributed by atoms with Gasteiger partial charge in [-0.15, -0.1) is 0 Å². The fourth-order valence-electron chi connectivity index (χ4n) is 2.83. The number of methoxy groups -OCH3 is 1. The van der Waals surface area contributed by atoms with Crippen molar-refractivity contribution >= 4 is 16.9 Å². The third-order valence-corrected chi connectivity index (χ3v) is 3.97. The van der Waals surface area contributed by atoms with Crippen LogP contribution in [-0.2, 0) is 4.79 Å². The summed E-state index contributed by atoms with van der Waals surface area (Å²) in [5.41, 5.74) is 2.37.